The van der Waals surface area contributed by atoms with Crippen LogP contribution in [0.1, 0.15) is 5.69 Å². The lowest BCUT2D eigenvalue weighted by Crippen LogP contribution is -2.48. The lowest BCUT2D eigenvalue weighted by atomic mass is 10.4. The summed E-state index contributed by atoms with van der Waals surface area (Å²) in [5.74, 6) is 0. The van der Waals surface area contributed by atoms with Crippen molar-refractivity contribution in [2.75, 3.05) is 31.1 Å². The van der Waals surface area contributed by atoms with Crippen LogP contribution in [0.15, 0.2) is 35.4 Å². The number of aromatic nitrogens is 3. The van der Waals surface area contributed by atoms with Gasteiger partial charge in [0.25, 0.3) is 0 Å². The number of halogens is 1. The molecule has 0 spiro atoms. The van der Waals surface area contributed by atoms with Gasteiger partial charge in [-0.05, 0) is 25.1 Å². The van der Waals surface area contributed by atoms with Gasteiger partial charge in [0.15, 0.2) is 0 Å². The van der Waals surface area contributed by atoms with Crippen molar-refractivity contribution in [3.05, 3.63) is 41.2 Å². The molecule has 0 saturated carbocycles. The summed E-state index contributed by atoms with van der Waals surface area (Å²) in [6.45, 7) is 3.94. The summed E-state index contributed by atoms with van der Waals surface area (Å²) in [5.41, 5.74) is 0.933. The Bertz CT molecular complexity index is 990. The van der Waals surface area contributed by atoms with E-state index in [1.807, 2.05) is 13.1 Å². The van der Waals surface area contributed by atoms with Gasteiger partial charge in [0.2, 0.25) is 20.1 Å². The van der Waals surface area contributed by atoms with Crippen molar-refractivity contribution < 1.29 is 8.42 Å². The van der Waals surface area contributed by atoms with Crippen LogP contribution in [0.5, 0.6) is 0 Å². The van der Waals surface area contributed by atoms with Gasteiger partial charge in [-0.2, -0.15) is 4.31 Å². The Morgan fingerprint density at radius 2 is 1.96 bits per heavy atom. The Morgan fingerprint density at radius 3 is 2.64 bits per heavy atom. The molecule has 1 aliphatic heterocycles. The molecule has 3 aromatic rings. The van der Waals surface area contributed by atoms with Crippen molar-refractivity contribution in [2.24, 2.45) is 0 Å². The first-order chi connectivity index (χ1) is 11.9. The summed E-state index contributed by atoms with van der Waals surface area (Å²) < 4.78 is 28.7. The number of fused-ring (bicyclic) bond motifs is 1. The highest BCUT2D eigenvalue weighted by Gasteiger charge is 2.29. The first kappa shape index (κ1) is 16.8. The minimum atomic E-state index is -3.52. The van der Waals surface area contributed by atoms with E-state index >= 15 is 0 Å². The summed E-state index contributed by atoms with van der Waals surface area (Å²) in [6, 6.07) is 6.38. The predicted octanol–water partition coefficient (Wildman–Crippen LogP) is 2.26. The normalized spacial score (nSPS) is 16.6. The molecule has 0 bridgehead atoms. The molecule has 1 aliphatic rings. The number of nitrogens with zero attached hydrogens (tertiary/aromatic N) is 5. The summed E-state index contributed by atoms with van der Waals surface area (Å²) in [6.07, 6.45) is 1.88. The third-order valence-corrected chi connectivity index (χ3v) is 7.21. The van der Waals surface area contributed by atoms with Crippen LogP contribution in [0.4, 0.5) is 5.13 Å². The maximum absolute atomic E-state index is 12.7. The second-order valence-electron chi connectivity index (χ2n) is 5.84. The van der Waals surface area contributed by atoms with Crippen LogP contribution in [0.2, 0.25) is 5.02 Å². The zero-order valence-electron chi connectivity index (χ0n) is 13.5. The summed E-state index contributed by atoms with van der Waals surface area (Å²) in [4.78, 5) is 7.58. The van der Waals surface area contributed by atoms with E-state index in [1.54, 1.807) is 22.7 Å². The van der Waals surface area contributed by atoms with Crippen LogP contribution in [0, 0.1) is 6.92 Å². The van der Waals surface area contributed by atoms with Crippen molar-refractivity contribution in [3.63, 3.8) is 0 Å². The zero-order chi connectivity index (χ0) is 17.6. The number of rotatable bonds is 3. The van der Waals surface area contributed by atoms with Crippen LogP contribution in [0.25, 0.3) is 4.96 Å². The van der Waals surface area contributed by atoms with Crippen molar-refractivity contribution >= 4 is 43.1 Å². The van der Waals surface area contributed by atoms with Crippen LogP contribution in [-0.4, -0.2) is 53.5 Å². The second-order valence-corrected chi connectivity index (χ2v) is 9.15. The van der Waals surface area contributed by atoms with E-state index in [-0.39, 0.29) is 4.90 Å². The molecule has 0 atom stereocenters. The topological polar surface area (TPSA) is 70.8 Å². The molecule has 0 amide bonds. The minimum Gasteiger partial charge on any atom is -0.344 e. The van der Waals surface area contributed by atoms with Gasteiger partial charge in [-0.25, -0.2) is 17.9 Å². The van der Waals surface area contributed by atoms with Crippen LogP contribution < -0.4 is 4.90 Å². The number of benzene rings is 1. The van der Waals surface area contributed by atoms with Crippen LogP contribution in [-0.2, 0) is 10.0 Å². The fourth-order valence-electron chi connectivity index (χ4n) is 2.82. The maximum atomic E-state index is 12.7. The molecule has 1 fully saturated rings. The van der Waals surface area contributed by atoms with E-state index in [0.29, 0.717) is 31.2 Å². The first-order valence-corrected chi connectivity index (χ1v) is 10.4. The number of hydrogen-bond acceptors (Lipinski definition) is 6. The van der Waals surface area contributed by atoms with Crippen LogP contribution in [0.3, 0.4) is 0 Å². The van der Waals surface area contributed by atoms with E-state index in [4.69, 9.17) is 11.6 Å². The third kappa shape index (κ3) is 3.12. The molecule has 132 valence electrons. The van der Waals surface area contributed by atoms with E-state index in [0.717, 1.165) is 15.8 Å². The van der Waals surface area contributed by atoms with Crippen molar-refractivity contribution in [3.8, 4) is 0 Å². The molecule has 10 heteroatoms. The van der Waals surface area contributed by atoms with E-state index in [9.17, 15) is 8.42 Å². The molecule has 3 heterocycles. The number of piperazine rings is 1. The number of sulfonamides is 1. The number of hydrogen-bond donors (Lipinski definition) is 0. The fourth-order valence-corrected chi connectivity index (χ4v) is 5.53. The molecule has 0 unspecified atom stereocenters. The van der Waals surface area contributed by atoms with Crippen molar-refractivity contribution in [1.29, 1.82) is 0 Å². The molecule has 0 N–H and O–H groups in total. The largest absolute Gasteiger partial charge is 0.344 e. The Kier molecular flexibility index (Phi) is 4.19. The highest BCUT2D eigenvalue weighted by Crippen LogP contribution is 2.26. The average Bonchev–Trinajstić information content (AvgIpc) is 3.12. The monoisotopic (exact) mass is 397 g/mol. The van der Waals surface area contributed by atoms with Gasteiger partial charge < -0.3 is 4.90 Å². The Labute approximate surface area is 154 Å². The molecule has 4 rings (SSSR count). The Balaban J connectivity index is 1.49. The molecule has 25 heavy (non-hydrogen) atoms. The first-order valence-electron chi connectivity index (χ1n) is 7.77. The average molecular weight is 398 g/mol. The van der Waals surface area contributed by atoms with Gasteiger partial charge in [-0.3, -0.25) is 0 Å². The highest BCUT2D eigenvalue weighted by atomic mass is 35.5. The SMILES string of the molecule is Cc1cn2nc(N3CCN(S(=O)(=O)c4cccc(Cl)c4)CC3)sc2n1. The molecule has 0 aliphatic carbocycles. The molecule has 1 saturated heterocycles. The zero-order valence-corrected chi connectivity index (χ0v) is 15.9. The number of aryl methyl sites for hydroxylation is 1. The van der Waals surface area contributed by atoms with Gasteiger partial charge in [-0.15, -0.1) is 5.10 Å². The molecular weight excluding hydrogens is 382 g/mol. The quantitative estimate of drug-likeness (QED) is 0.678. The maximum Gasteiger partial charge on any atom is 0.243 e. The second kappa shape index (κ2) is 6.24. The smallest absolute Gasteiger partial charge is 0.243 e. The third-order valence-electron chi connectivity index (χ3n) is 4.10. The molecule has 2 aromatic heterocycles. The lowest BCUT2D eigenvalue weighted by molar-refractivity contribution is 0.384. The lowest BCUT2D eigenvalue weighted by Gasteiger charge is -2.33. The van der Waals surface area contributed by atoms with Crippen molar-refractivity contribution in [1.82, 2.24) is 18.9 Å². The number of imidazole rings is 1. The van der Waals surface area contributed by atoms with E-state index in [1.165, 1.54) is 21.7 Å². The summed E-state index contributed by atoms with van der Waals surface area (Å²) in [7, 11) is -3.52. The fraction of sp³-hybridized carbons (Fsp3) is 0.333. The van der Waals surface area contributed by atoms with Gasteiger partial charge >= 0.3 is 0 Å². The molecule has 0 radical (unpaired) electrons. The highest BCUT2D eigenvalue weighted by molar-refractivity contribution is 7.89. The molecule has 1 aromatic carbocycles. The Hall–Kier alpha value is -1.68. The number of anilines is 1. The van der Waals surface area contributed by atoms with Gasteiger partial charge in [0.05, 0.1) is 16.8 Å². The Morgan fingerprint density at radius 1 is 1.20 bits per heavy atom. The minimum absolute atomic E-state index is 0.233. The molecule has 7 nitrogen and oxygen atoms in total. The summed E-state index contributed by atoms with van der Waals surface area (Å²) >= 11 is 7.44. The van der Waals surface area contributed by atoms with Crippen molar-refractivity contribution in [2.45, 2.75) is 11.8 Å². The van der Waals surface area contributed by atoms with Gasteiger partial charge in [0.1, 0.15) is 0 Å². The standard InChI is InChI=1S/C15H16ClN5O2S2/c1-11-10-21-14(17-11)24-15(18-21)19-5-7-20(8-6-19)25(22,23)13-4-2-3-12(16)9-13/h2-4,9-10H,5-8H2,1H3. The molecular formula is C15H16ClN5O2S2. The summed E-state index contributed by atoms with van der Waals surface area (Å²) in [5, 5.41) is 5.81. The van der Waals surface area contributed by atoms with E-state index in [2.05, 4.69) is 15.0 Å². The predicted molar refractivity (Wildman–Crippen MR) is 98.0 cm³/mol. The van der Waals surface area contributed by atoms with Gasteiger partial charge in [-0.1, -0.05) is 29.0 Å². The van der Waals surface area contributed by atoms with E-state index < -0.39 is 10.0 Å². The van der Waals surface area contributed by atoms with Gasteiger partial charge in [0, 0.05) is 31.2 Å². The van der Waals surface area contributed by atoms with Crippen LogP contribution >= 0.6 is 22.9 Å².